The molecule has 0 aliphatic carbocycles. The maximum absolute atomic E-state index is 9.37. The van der Waals surface area contributed by atoms with Crippen LogP contribution in [-0.2, 0) is 0 Å². The van der Waals surface area contributed by atoms with Crippen molar-refractivity contribution in [2.45, 2.75) is 6.92 Å². The van der Waals surface area contributed by atoms with Crippen LogP contribution in [0.2, 0.25) is 0 Å². The van der Waals surface area contributed by atoms with Gasteiger partial charge in [0.2, 0.25) is 0 Å². The van der Waals surface area contributed by atoms with Crippen molar-refractivity contribution in [3.8, 4) is 23.0 Å². The zero-order chi connectivity index (χ0) is 19.6. The molecule has 4 rings (SSSR count). The largest absolute Gasteiger partial charge is 0.508 e. The molecule has 0 bridgehead atoms. The number of para-hydroxylation sites is 1. The third-order valence-corrected chi connectivity index (χ3v) is 3.71. The molecule has 138 valence electrons. The maximum Gasteiger partial charge on any atom is 0.123 e. The number of hydrogen-bond donors (Lipinski definition) is 4. The van der Waals surface area contributed by atoms with Crippen molar-refractivity contribution in [1.29, 1.82) is 0 Å². The minimum atomic E-state index is 0.0880. The standard InChI is InChI=1S/C10H8O.C7H8O.C6H6O2/c11-10-7-3-5-8-4-1-2-6-9(8)10;1-6-4-2-3-5-7(6)8;7-5-2-1-3-6(8)4-5/h1-7,11H;2-5,8H,1H3;1-4,7-8H. The Balaban J connectivity index is 0.000000149. The monoisotopic (exact) mass is 362 g/mol. The van der Waals surface area contributed by atoms with E-state index in [-0.39, 0.29) is 11.5 Å². The molecule has 27 heavy (non-hydrogen) atoms. The molecule has 4 nitrogen and oxygen atoms in total. The molecule has 0 atom stereocenters. The number of aromatic hydroxyl groups is 4. The van der Waals surface area contributed by atoms with Crippen LogP contribution in [0.1, 0.15) is 5.56 Å². The van der Waals surface area contributed by atoms with E-state index < -0.39 is 0 Å². The van der Waals surface area contributed by atoms with Gasteiger partial charge in [-0.2, -0.15) is 0 Å². The highest BCUT2D eigenvalue weighted by molar-refractivity contribution is 5.87. The Hall–Kier alpha value is -3.66. The van der Waals surface area contributed by atoms with Gasteiger partial charge in [-0.05, 0) is 42.1 Å². The second kappa shape index (κ2) is 9.73. The molecule has 0 spiro atoms. The van der Waals surface area contributed by atoms with Crippen LogP contribution in [0.15, 0.2) is 91.0 Å². The number of rotatable bonds is 0. The van der Waals surface area contributed by atoms with Crippen molar-refractivity contribution in [1.82, 2.24) is 0 Å². The van der Waals surface area contributed by atoms with Gasteiger partial charge < -0.3 is 20.4 Å². The number of phenolic OH excluding ortho intramolecular Hbond substituents is 4. The lowest BCUT2D eigenvalue weighted by molar-refractivity contribution is 0.450. The first kappa shape index (κ1) is 19.7. The predicted octanol–water partition coefficient (Wildman–Crippen LogP) is 5.34. The molecule has 4 aromatic rings. The average molecular weight is 362 g/mol. The molecule has 0 unspecified atom stereocenters. The van der Waals surface area contributed by atoms with E-state index in [1.807, 2.05) is 61.5 Å². The Labute approximate surface area is 158 Å². The minimum absolute atomic E-state index is 0.0880. The smallest absolute Gasteiger partial charge is 0.123 e. The number of fused-ring (bicyclic) bond motifs is 1. The SMILES string of the molecule is Cc1ccccc1O.Oc1cccc(O)c1.Oc1cccc2ccccc12. The Bertz CT molecular complexity index is 952. The molecule has 0 saturated carbocycles. The summed E-state index contributed by atoms with van der Waals surface area (Å²) in [6, 6.07) is 26.4. The van der Waals surface area contributed by atoms with Crippen LogP contribution in [0.4, 0.5) is 0 Å². The summed E-state index contributed by atoms with van der Waals surface area (Å²) in [6.45, 7) is 1.87. The van der Waals surface area contributed by atoms with E-state index in [1.165, 1.54) is 18.2 Å². The molecule has 0 heterocycles. The van der Waals surface area contributed by atoms with E-state index in [0.29, 0.717) is 11.5 Å². The van der Waals surface area contributed by atoms with Gasteiger partial charge in [0.15, 0.2) is 0 Å². The summed E-state index contributed by atoms with van der Waals surface area (Å²) in [5.74, 6) is 0.894. The van der Waals surface area contributed by atoms with E-state index in [1.54, 1.807) is 18.2 Å². The number of hydrogen-bond acceptors (Lipinski definition) is 4. The van der Waals surface area contributed by atoms with Gasteiger partial charge in [0.1, 0.15) is 23.0 Å². The second-order valence-corrected chi connectivity index (χ2v) is 5.80. The zero-order valence-electron chi connectivity index (χ0n) is 14.9. The van der Waals surface area contributed by atoms with Gasteiger partial charge in [0.25, 0.3) is 0 Å². The molecule has 0 aromatic heterocycles. The van der Waals surface area contributed by atoms with Crippen LogP contribution in [-0.4, -0.2) is 20.4 Å². The first-order valence-corrected chi connectivity index (χ1v) is 8.36. The Morgan fingerprint density at radius 3 is 1.56 bits per heavy atom. The van der Waals surface area contributed by atoms with Gasteiger partial charge in [-0.3, -0.25) is 0 Å². The molecular formula is C23H22O4. The van der Waals surface area contributed by atoms with E-state index in [9.17, 15) is 5.11 Å². The summed E-state index contributed by atoms with van der Waals surface area (Å²) >= 11 is 0. The average Bonchev–Trinajstić information content (AvgIpc) is 2.66. The van der Waals surface area contributed by atoms with Gasteiger partial charge in [-0.25, -0.2) is 0 Å². The number of phenols is 4. The Kier molecular flexibility index (Phi) is 7.08. The van der Waals surface area contributed by atoms with Crippen molar-refractivity contribution < 1.29 is 20.4 Å². The quantitative estimate of drug-likeness (QED) is 0.340. The van der Waals surface area contributed by atoms with Crippen LogP contribution in [0, 0.1) is 6.92 Å². The molecule has 4 N–H and O–H groups in total. The summed E-state index contributed by atoms with van der Waals surface area (Å²) in [7, 11) is 0. The Morgan fingerprint density at radius 2 is 1.04 bits per heavy atom. The van der Waals surface area contributed by atoms with Crippen molar-refractivity contribution >= 4 is 10.8 Å². The summed E-state index contributed by atoms with van der Waals surface area (Å²) in [4.78, 5) is 0. The molecule has 4 heteroatoms. The molecule has 0 amide bonds. The van der Waals surface area contributed by atoms with Crippen LogP contribution in [0.3, 0.4) is 0 Å². The van der Waals surface area contributed by atoms with Crippen molar-refractivity contribution in [3.63, 3.8) is 0 Å². The van der Waals surface area contributed by atoms with Crippen molar-refractivity contribution in [3.05, 3.63) is 96.6 Å². The molecule has 0 aliphatic rings. The molecule has 0 aliphatic heterocycles. The Morgan fingerprint density at radius 1 is 0.519 bits per heavy atom. The van der Waals surface area contributed by atoms with Gasteiger partial charge in [-0.15, -0.1) is 0 Å². The maximum atomic E-state index is 9.37. The lowest BCUT2D eigenvalue weighted by Gasteiger charge is -1.97. The predicted molar refractivity (Wildman–Crippen MR) is 108 cm³/mol. The van der Waals surface area contributed by atoms with Gasteiger partial charge >= 0.3 is 0 Å². The van der Waals surface area contributed by atoms with Crippen LogP contribution in [0.5, 0.6) is 23.0 Å². The first-order valence-electron chi connectivity index (χ1n) is 8.36. The summed E-state index contributed by atoms with van der Waals surface area (Å²) in [5.41, 5.74) is 0.924. The fraction of sp³-hybridized carbons (Fsp3) is 0.0435. The number of benzene rings is 4. The van der Waals surface area contributed by atoms with E-state index in [0.717, 1.165) is 16.3 Å². The molecule has 0 fully saturated rings. The van der Waals surface area contributed by atoms with Gasteiger partial charge in [-0.1, -0.05) is 60.7 Å². The minimum Gasteiger partial charge on any atom is -0.508 e. The lowest BCUT2D eigenvalue weighted by Crippen LogP contribution is -1.70. The molecule has 0 radical (unpaired) electrons. The summed E-state index contributed by atoms with van der Waals surface area (Å²) in [5, 5.41) is 37.6. The molecule has 4 aromatic carbocycles. The highest BCUT2D eigenvalue weighted by atomic mass is 16.3. The van der Waals surface area contributed by atoms with Crippen molar-refractivity contribution in [2.24, 2.45) is 0 Å². The number of aryl methyl sites for hydroxylation is 1. The topological polar surface area (TPSA) is 80.9 Å². The molecule has 0 saturated heterocycles. The van der Waals surface area contributed by atoms with E-state index in [2.05, 4.69) is 0 Å². The normalized spacial score (nSPS) is 9.52. The highest BCUT2D eigenvalue weighted by Gasteiger charge is 1.94. The second-order valence-electron chi connectivity index (χ2n) is 5.80. The van der Waals surface area contributed by atoms with Crippen LogP contribution < -0.4 is 0 Å². The van der Waals surface area contributed by atoms with E-state index in [4.69, 9.17) is 15.3 Å². The van der Waals surface area contributed by atoms with Gasteiger partial charge in [0, 0.05) is 11.5 Å². The van der Waals surface area contributed by atoms with Crippen molar-refractivity contribution in [2.75, 3.05) is 0 Å². The first-order chi connectivity index (χ1) is 13.0. The van der Waals surface area contributed by atoms with Gasteiger partial charge in [0.05, 0.1) is 0 Å². The summed E-state index contributed by atoms with van der Waals surface area (Å²) < 4.78 is 0. The third-order valence-electron chi connectivity index (χ3n) is 3.71. The highest BCUT2D eigenvalue weighted by Crippen LogP contribution is 2.23. The third kappa shape index (κ3) is 6.29. The molecular weight excluding hydrogens is 340 g/mol. The lowest BCUT2D eigenvalue weighted by atomic mass is 10.1. The van der Waals surface area contributed by atoms with Crippen LogP contribution in [0.25, 0.3) is 10.8 Å². The van der Waals surface area contributed by atoms with E-state index >= 15 is 0 Å². The fourth-order valence-electron chi connectivity index (χ4n) is 2.26. The summed E-state index contributed by atoms with van der Waals surface area (Å²) in [6.07, 6.45) is 0. The zero-order valence-corrected chi connectivity index (χ0v) is 14.9. The van der Waals surface area contributed by atoms with Crippen LogP contribution >= 0.6 is 0 Å². The fourth-order valence-corrected chi connectivity index (χ4v) is 2.26.